The normalized spacial score (nSPS) is 11.7. The quantitative estimate of drug-likeness (QED) is 0.539. The number of hydrogen-bond acceptors (Lipinski definition) is 2. The molecule has 0 bridgehead atoms. The predicted molar refractivity (Wildman–Crippen MR) is 80.8 cm³/mol. The van der Waals surface area contributed by atoms with E-state index in [0.717, 1.165) is 16.4 Å². The molecule has 0 radical (unpaired) electrons. The summed E-state index contributed by atoms with van der Waals surface area (Å²) in [6, 6.07) is 7.07. The van der Waals surface area contributed by atoms with Gasteiger partial charge in [0.25, 0.3) is 5.56 Å². The Hall–Kier alpha value is -2.04. The molecule has 6 heteroatoms. The fourth-order valence-electron chi connectivity index (χ4n) is 2.48. The highest BCUT2D eigenvalue weighted by molar-refractivity contribution is 6.42. The molecular formula is C14H7Cl2N3O. The molecular weight excluding hydrogens is 297 g/mol. The highest BCUT2D eigenvalue weighted by atomic mass is 35.5. The molecule has 20 heavy (non-hydrogen) atoms. The summed E-state index contributed by atoms with van der Waals surface area (Å²) < 4.78 is 1.80. The largest absolute Gasteiger partial charge is 0.319 e. The van der Waals surface area contributed by atoms with E-state index in [1.54, 1.807) is 28.8 Å². The van der Waals surface area contributed by atoms with Gasteiger partial charge in [0.15, 0.2) is 0 Å². The van der Waals surface area contributed by atoms with Gasteiger partial charge in [0.1, 0.15) is 5.52 Å². The molecule has 3 heterocycles. The van der Waals surface area contributed by atoms with Crippen LogP contribution in [0.25, 0.3) is 27.5 Å². The van der Waals surface area contributed by atoms with Crippen molar-refractivity contribution < 1.29 is 0 Å². The Morgan fingerprint density at radius 3 is 2.85 bits per heavy atom. The number of benzene rings is 1. The van der Waals surface area contributed by atoms with Crippen LogP contribution in [0.2, 0.25) is 10.0 Å². The lowest BCUT2D eigenvalue weighted by Crippen LogP contribution is -2.09. The first-order valence-electron chi connectivity index (χ1n) is 5.92. The molecule has 0 saturated heterocycles. The Kier molecular flexibility index (Phi) is 2.34. The predicted octanol–water partition coefficient (Wildman–Crippen LogP) is 3.64. The minimum absolute atomic E-state index is 0.182. The summed E-state index contributed by atoms with van der Waals surface area (Å²) in [6.45, 7) is 0. The van der Waals surface area contributed by atoms with Crippen LogP contribution in [0.3, 0.4) is 0 Å². The molecule has 4 rings (SSSR count). The Morgan fingerprint density at radius 2 is 2.00 bits per heavy atom. The minimum Gasteiger partial charge on any atom is -0.319 e. The average molecular weight is 304 g/mol. The number of aromatic amines is 1. The molecule has 0 aliphatic heterocycles. The standard InChI is InChI=1S/C14H7Cl2N3O/c15-8-4-10-12(5-9(8)16)19-6-11-7(2-1-3-17-11)13(19)14(20)18-10/h1-6H,(H,18,20). The monoisotopic (exact) mass is 303 g/mol. The maximum absolute atomic E-state index is 12.3. The number of pyridine rings is 1. The number of hydrogen-bond donors (Lipinski definition) is 1. The van der Waals surface area contributed by atoms with Gasteiger partial charge in [-0.3, -0.25) is 9.78 Å². The van der Waals surface area contributed by atoms with E-state index in [1.165, 1.54) is 0 Å². The molecule has 1 aromatic carbocycles. The fourth-order valence-corrected chi connectivity index (χ4v) is 2.80. The summed E-state index contributed by atoms with van der Waals surface area (Å²) in [5.74, 6) is 0. The second-order valence-electron chi connectivity index (χ2n) is 4.52. The molecule has 0 amide bonds. The molecule has 98 valence electrons. The molecule has 0 saturated carbocycles. The van der Waals surface area contributed by atoms with Crippen LogP contribution < -0.4 is 5.56 Å². The van der Waals surface area contributed by atoms with Gasteiger partial charge in [-0.1, -0.05) is 23.2 Å². The van der Waals surface area contributed by atoms with Crippen molar-refractivity contribution in [3.63, 3.8) is 0 Å². The third kappa shape index (κ3) is 1.49. The van der Waals surface area contributed by atoms with Gasteiger partial charge in [0.05, 0.1) is 26.6 Å². The van der Waals surface area contributed by atoms with Crippen molar-refractivity contribution in [1.82, 2.24) is 14.4 Å². The number of aromatic nitrogens is 3. The van der Waals surface area contributed by atoms with Crippen LogP contribution in [0.5, 0.6) is 0 Å². The van der Waals surface area contributed by atoms with Gasteiger partial charge in [0, 0.05) is 17.8 Å². The van der Waals surface area contributed by atoms with Gasteiger partial charge in [-0.05, 0) is 24.3 Å². The van der Waals surface area contributed by atoms with Crippen molar-refractivity contribution >= 4 is 50.7 Å². The summed E-state index contributed by atoms with van der Waals surface area (Å²) >= 11 is 12.1. The topological polar surface area (TPSA) is 50.2 Å². The van der Waals surface area contributed by atoms with Gasteiger partial charge in [-0.15, -0.1) is 0 Å². The summed E-state index contributed by atoms with van der Waals surface area (Å²) in [4.78, 5) is 19.4. The third-order valence-corrected chi connectivity index (χ3v) is 4.07. The van der Waals surface area contributed by atoms with Crippen molar-refractivity contribution in [2.75, 3.05) is 0 Å². The number of nitrogens with zero attached hydrogens (tertiary/aromatic N) is 2. The maximum Gasteiger partial charge on any atom is 0.273 e. The third-order valence-electron chi connectivity index (χ3n) is 3.35. The van der Waals surface area contributed by atoms with Crippen LogP contribution >= 0.6 is 23.2 Å². The molecule has 4 nitrogen and oxygen atoms in total. The molecule has 0 aliphatic rings. The molecule has 3 aromatic heterocycles. The number of halogens is 2. The Morgan fingerprint density at radius 1 is 1.20 bits per heavy atom. The number of H-pyrrole nitrogens is 1. The fraction of sp³-hybridized carbons (Fsp3) is 0. The minimum atomic E-state index is -0.182. The van der Waals surface area contributed by atoms with Crippen LogP contribution in [0.15, 0.2) is 41.5 Å². The zero-order valence-corrected chi connectivity index (χ0v) is 11.5. The first-order valence-corrected chi connectivity index (χ1v) is 6.67. The van der Waals surface area contributed by atoms with Gasteiger partial charge in [0.2, 0.25) is 0 Å². The lowest BCUT2D eigenvalue weighted by atomic mass is 10.2. The lowest BCUT2D eigenvalue weighted by Gasteiger charge is -2.04. The lowest BCUT2D eigenvalue weighted by molar-refractivity contribution is 1.19. The van der Waals surface area contributed by atoms with E-state index in [-0.39, 0.29) is 5.56 Å². The van der Waals surface area contributed by atoms with Gasteiger partial charge in [-0.25, -0.2) is 0 Å². The van der Waals surface area contributed by atoms with E-state index in [4.69, 9.17) is 23.2 Å². The molecule has 0 fully saturated rings. The molecule has 1 N–H and O–H groups in total. The Labute approximate surface area is 122 Å². The van der Waals surface area contributed by atoms with E-state index < -0.39 is 0 Å². The number of rotatable bonds is 0. The van der Waals surface area contributed by atoms with Crippen LogP contribution in [0.1, 0.15) is 0 Å². The summed E-state index contributed by atoms with van der Waals surface area (Å²) in [5.41, 5.74) is 2.55. The molecule has 0 spiro atoms. The van der Waals surface area contributed by atoms with E-state index in [2.05, 4.69) is 9.97 Å². The van der Waals surface area contributed by atoms with Crippen LogP contribution in [0.4, 0.5) is 0 Å². The second kappa shape index (κ2) is 3.98. The van der Waals surface area contributed by atoms with Crippen LogP contribution in [-0.4, -0.2) is 14.4 Å². The van der Waals surface area contributed by atoms with E-state index in [9.17, 15) is 4.79 Å². The molecule has 0 unspecified atom stereocenters. The highest BCUT2D eigenvalue weighted by Crippen LogP contribution is 2.28. The van der Waals surface area contributed by atoms with Crippen molar-refractivity contribution in [3.05, 3.63) is 57.1 Å². The van der Waals surface area contributed by atoms with Crippen molar-refractivity contribution in [1.29, 1.82) is 0 Å². The van der Waals surface area contributed by atoms with Gasteiger partial charge in [-0.2, -0.15) is 0 Å². The van der Waals surface area contributed by atoms with E-state index >= 15 is 0 Å². The van der Waals surface area contributed by atoms with Gasteiger partial charge < -0.3 is 9.38 Å². The smallest absolute Gasteiger partial charge is 0.273 e. The first kappa shape index (κ1) is 11.8. The van der Waals surface area contributed by atoms with Gasteiger partial charge >= 0.3 is 0 Å². The van der Waals surface area contributed by atoms with Crippen molar-refractivity contribution in [3.8, 4) is 0 Å². The molecule has 0 atom stereocenters. The van der Waals surface area contributed by atoms with Crippen LogP contribution in [-0.2, 0) is 0 Å². The summed E-state index contributed by atoms with van der Waals surface area (Å²) in [7, 11) is 0. The Bertz CT molecular complexity index is 1050. The number of nitrogens with one attached hydrogen (secondary N) is 1. The van der Waals surface area contributed by atoms with Crippen molar-refractivity contribution in [2.45, 2.75) is 0 Å². The highest BCUT2D eigenvalue weighted by Gasteiger charge is 2.12. The summed E-state index contributed by atoms with van der Waals surface area (Å²) in [6.07, 6.45) is 3.52. The zero-order chi connectivity index (χ0) is 13.9. The number of fused-ring (bicyclic) bond motifs is 5. The van der Waals surface area contributed by atoms with Crippen molar-refractivity contribution in [2.24, 2.45) is 0 Å². The average Bonchev–Trinajstić information content (AvgIpc) is 2.81. The second-order valence-corrected chi connectivity index (χ2v) is 5.34. The maximum atomic E-state index is 12.3. The zero-order valence-electron chi connectivity index (χ0n) is 10.0. The molecule has 0 aliphatic carbocycles. The van der Waals surface area contributed by atoms with E-state index in [0.29, 0.717) is 21.1 Å². The van der Waals surface area contributed by atoms with E-state index in [1.807, 2.05) is 12.3 Å². The molecule has 4 aromatic rings. The first-order chi connectivity index (χ1) is 9.65. The Balaban J connectivity index is 2.35. The summed E-state index contributed by atoms with van der Waals surface area (Å²) in [5, 5.41) is 1.66. The SMILES string of the molecule is O=c1[nH]c2cc(Cl)c(Cl)cc2n2cc3ncccc3c12. The van der Waals surface area contributed by atoms with Crippen LogP contribution in [0, 0.1) is 0 Å².